The van der Waals surface area contributed by atoms with Gasteiger partial charge in [-0.25, -0.2) is 4.79 Å². The van der Waals surface area contributed by atoms with Crippen molar-refractivity contribution < 1.29 is 14.3 Å². The minimum Gasteiger partial charge on any atom is -0.385 e. The Morgan fingerprint density at radius 1 is 1.09 bits per heavy atom. The number of nitrogens with one attached hydrogen (secondary N) is 2. The van der Waals surface area contributed by atoms with E-state index >= 15 is 0 Å². The number of anilines is 1. The highest BCUT2D eigenvalue weighted by Crippen LogP contribution is 2.25. The number of imide groups is 1. The molecule has 0 spiro atoms. The number of ether oxygens (including phenoxy) is 1. The van der Waals surface area contributed by atoms with Crippen LogP contribution in [0.2, 0.25) is 0 Å². The summed E-state index contributed by atoms with van der Waals surface area (Å²) >= 11 is 1.15. The molecule has 3 amide bonds. The second-order valence-electron chi connectivity index (χ2n) is 7.51. The second-order valence-corrected chi connectivity index (χ2v) is 8.82. The number of urea groups is 1. The third-order valence-electron chi connectivity index (χ3n) is 5.13. The van der Waals surface area contributed by atoms with Crippen molar-refractivity contribution >= 4 is 46.1 Å². The van der Waals surface area contributed by atoms with Crippen molar-refractivity contribution in [1.82, 2.24) is 24.5 Å². The lowest BCUT2D eigenvalue weighted by Gasteiger charge is -2.13. The van der Waals surface area contributed by atoms with E-state index in [9.17, 15) is 14.4 Å². The summed E-state index contributed by atoms with van der Waals surface area (Å²) in [6.07, 6.45) is 0.634. The summed E-state index contributed by atoms with van der Waals surface area (Å²) in [4.78, 5) is 37.9. The van der Waals surface area contributed by atoms with Crippen LogP contribution in [0.15, 0.2) is 64.5 Å². The molecule has 4 rings (SSSR count). The Bertz CT molecular complexity index is 1390. The van der Waals surface area contributed by atoms with Gasteiger partial charge in [0, 0.05) is 25.9 Å². The van der Waals surface area contributed by atoms with E-state index in [0.717, 1.165) is 11.8 Å². The van der Waals surface area contributed by atoms with Gasteiger partial charge in [0.25, 0.3) is 5.56 Å². The number of hydrogen-bond donors (Lipinski definition) is 2. The van der Waals surface area contributed by atoms with Crippen LogP contribution in [-0.2, 0) is 16.1 Å². The van der Waals surface area contributed by atoms with Crippen LogP contribution in [0.1, 0.15) is 13.3 Å². The van der Waals surface area contributed by atoms with E-state index in [1.165, 1.54) is 0 Å². The van der Waals surface area contributed by atoms with E-state index in [1.54, 1.807) is 59.4 Å². The van der Waals surface area contributed by atoms with Crippen molar-refractivity contribution in [3.05, 3.63) is 65.0 Å². The molecule has 0 aliphatic heterocycles. The average molecular weight is 481 g/mol. The maximum Gasteiger partial charge on any atom is 0.325 e. The van der Waals surface area contributed by atoms with Crippen LogP contribution in [-0.4, -0.2) is 50.1 Å². The summed E-state index contributed by atoms with van der Waals surface area (Å²) in [5, 5.41) is 13.8. The van der Waals surface area contributed by atoms with Crippen LogP contribution in [0.3, 0.4) is 0 Å². The van der Waals surface area contributed by atoms with Crippen molar-refractivity contribution in [1.29, 1.82) is 0 Å². The summed E-state index contributed by atoms with van der Waals surface area (Å²) < 4.78 is 8.45. The van der Waals surface area contributed by atoms with E-state index < -0.39 is 17.2 Å². The predicted molar refractivity (Wildman–Crippen MR) is 130 cm³/mol. The molecule has 0 fully saturated rings. The summed E-state index contributed by atoms with van der Waals surface area (Å²) in [5.74, 6) is -0.0929. The molecule has 1 atom stereocenters. The molecule has 2 heterocycles. The lowest BCUT2D eigenvalue weighted by molar-refractivity contribution is -0.119. The normalized spacial score (nSPS) is 12.1. The number of hydrogen-bond acceptors (Lipinski definition) is 7. The second kappa shape index (κ2) is 10.5. The van der Waals surface area contributed by atoms with Crippen LogP contribution in [0.25, 0.3) is 16.7 Å². The first kappa shape index (κ1) is 23.5. The van der Waals surface area contributed by atoms with Crippen LogP contribution >= 0.6 is 11.8 Å². The first-order chi connectivity index (χ1) is 16.5. The molecule has 4 aromatic rings. The number of para-hydroxylation sites is 2. The van der Waals surface area contributed by atoms with Gasteiger partial charge in [-0.3, -0.25) is 23.9 Å². The number of nitrogens with zero attached hydrogens (tertiary/aromatic N) is 4. The standard InChI is InChI=1S/C23H24N6O4S/c1-15(19(30)25-21(32)24-16-9-4-3-5-10-16)34-23-27-26-22-28(13-8-14-33-2)20(31)17-11-6-7-12-18(17)29(22)23/h3-7,9-12,15H,8,13-14H2,1-2H3,(H2,24,25,30,32). The fraction of sp³-hybridized carbons (Fsp3) is 0.261. The van der Waals surface area contributed by atoms with E-state index in [0.29, 0.717) is 47.1 Å². The van der Waals surface area contributed by atoms with Crippen LogP contribution in [0.4, 0.5) is 10.5 Å². The van der Waals surface area contributed by atoms with Gasteiger partial charge >= 0.3 is 6.03 Å². The topological polar surface area (TPSA) is 120 Å². The quantitative estimate of drug-likeness (QED) is 0.294. The minimum absolute atomic E-state index is 0.161. The summed E-state index contributed by atoms with van der Waals surface area (Å²) in [6, 6.07) is 15.4. The molecule has 0 aliphatic carbocycles. The Labute approximate surface area is 199 Å². The Morgan fingerprint density at radius 2 is 1.82 bits per heavy atom. The van der Waals surface area contributed by atoms with E-state index in [2.05, 4.69) is 20.8 Å². The van der Waals surface area contributed by atoms with Crippen LogP contribution < -0.4 is 16.2 Å². The number of methoxy groups -OCH3 is 1. The number of carbonyl (C=O) groups excluding carboxylic acids is 2. The lowest BCUT2D eigenvalue weighted by atomic mass is 10.2. The number of aromatic nitrogens is 4. The lowest BCUT2D eigenvalue weighted by Crippen LogP contribution is -2.38. The van der Waals surface area contributed by atoms with Gasteiger partial charge in [0.15, 0.2) is 5.16 Å². The summed E-state index contributed by atoms with van der Waals surface area (Å²) in [7, 11) is 1.61. The summed E-state index contributed by atoms with van der Waals surface area (Å²) in [5.41, 5.74) is 1.06. The molecule has 1 unspecified atom stereocenters. The van der Waals surface area contributed by atoms with E-state index in [4.69, 9.17) is 4.74 Å². The van der Waals surface area contributed by atoms with Crippen molar-refractivity contribution in [2.45, 2.75) is 30.3 Å². The Kier molecular flexibility index (Phi) is 7.24. The van der Waals surface area contributed by atoms with Crippen molar-refractivity contribution in [2.24, 2.45) is 0 Å². The fourth-order valence-electron chi connectivity index (χ4n) is 3.49. The molecule has 0 bridgehead atoms. The Balaban J connectivity index is 1.58. The zero-order valence-electron chi connectivity index (χ0n) is 18.7. The van der Waals surface area contributed by atoms with Crippen molar-refractivity contribution in [3.8, 4) is 0 Å². The van der Waals surface area contributed by atoms with Gasteiger partial charge in [0.2, 0.25) is 11.7 Å². The molecule has 34 heavy (non-hydrogen) atoms. The number of benzene rings is 2. The largest absolute Gasteiger partial charge is 0.385 e. The Morgan fingerprint density at radius 3 is 2.59 bits per heavy atom. The van der Waals surface area contributed by atoms with E-state index in [-0.39, 0.29) is 5.56 Å². The average Bonchev–Trinajstić information content (AvgIpc) is 3.25. The molecule has 2 aromatic carbocycles. The van der Waals surface area contributed by atoms with Gasteiger partial charge in [-0.2, -0.15) is 0 Å². The van der Waals surface area contributed by atoms with Gasteiger partial charge in [0.05, 0.1) is 16.2 Å². The molecule has 10 nitrogen and oxygen atoms in total. The predicted octanol–water partition coefficient (Wildman–Crippen LogP) is 2.91. The highest BCUT2D eigenvalue weighted by atomic mass is 32.2. The molecule has 0 saturated carbocycles. The zero-order chi connectivity index (χ0) is 24.1. The molecule has 0 aliphatic rings. The van der Waals surface area contributed by atoms with Crippen LogP contribution in [0.5, 0.6) is 0 Å². The number of fused-ring (bicyclic) bond motifs is 3. The minimum atomic E-state index is -0.651. The zero-order valence-corrected chi connectivity index (χ0v) is 19.5. The van der Waals surface area contributed by atoms with Crippen molar-refractivity contribution in [3.63, 3.8) is 0 Å². The molecule has 0 radical (unpaired) electrons. The number of amides is 3. The molecule has 176 valence electrons. The maximum absolute atomic E-state index is 13.1. The molecule has 2 N–H and O–H groups in total. The van der Waals surface area contributed by atoms with Gasteiger partial charge in [-0.1, -0.05) is 42.1 Å². The van der Waals surface area contributed by atoms with Gasteiger partial charge in [-0.15, -0.1) is 10.2 Å². The summed E-state index contributed by atoms with van der Waals surface area (Å²) in [6.45, 7) is 2.59. The van der Waals surface area contributed by atoms with Gasteiger partial charge in [0.1, 0.15) is 0 Å². The van der Waals surface area contributed by atoms with Crippen molar-refractivity contribution in [2.75, 3.05) is 19.0 Å². The smallest absolute Gasteiger partial charge is 0.325 e. The van der Waals surface area contributed by atoms with E-state index in [1.807, 2.05) is 18.2 Å². The highest BCUT2D eigenvalue weighted by molar-refractivity contribution is 8.00. The van der Waals surface area contributed by atoms with Gasteiger partial charge < -0.3 is 10.1 Å². The monoisotopic (exact) mass is 480 g/mol. The van der Waals surface area contributed by atoms with Crippen LogP contribution in [0, 0.1) is 0 Å². The molecular weight excluding hydrogens is 456 g/mol. The molecule has 0 saturated heterocycles. The highest BCUT2D eigenvalue weighted by Gasteiger charge is 2.22. The third-order valence-corrected chi connectivity index (χ3v) is 6.17. The molecule has 2 aromatic heterocycles. The number of aryl methyl sites for hydroxylation is 1. The first-order valence-corrected chi connectivity index (χ1v) is 11.6. The maximum atomic E-state index is 13.1. The number of carbonyl (C=O) groups is 2. The third kappa shape index (κ3) is 4.95. The molecule has 11 heteroatoms. The number of thioether (sulfide) groups is 1. The van der Waals surface area contributed by atoms with Gasteiger partial charge in [-0.05, 0) is 37.6 Å². The SMILES string of the molecule is COCCCn1c(=O)c2ccccc2n2c(SC(C)C(=O)NC(=O)Nc3ccccc3)nnc12. The molecular formula is C23H24N6O4S. The Hall–Kier alpha value is -3.70. The fourth-order valence-corrected chi connectivity index (χ4v) is 4.34. The number of rotatable bonds is 8. The first-order valence-electron chi connectivity index (χ1n) is 10.7.